The lowest BCUT2D eigenvalue weighted by Gasteiger charge is -2.33. The van der Waals surface area contributed by atoms with Crippen molar-refractivity contribution in [1.29, 1.82) is 0 Å². The van der Waals surface area contributed by atoms with Gasteiger partial charge >= 0.3 is 0 Å². The average Bonchev–Trinajstić information content (AvgIpc) is 2.41. The Morgan fingerprint density at radius 2 is 2.25 bits per heavy atom. The molecule has 1 aliphatic heterocycles. The minimum Gasteiger partial charge on any atom is -0.353 e. The maximum atomic E-state index is 12.4. The van der Waals surface area contributed by atoms with Gasteiger partial charge in [-0.1, -0.05) is 6.07 Å². The van der Waals surface area contributed by atoms with Crippen molar-refractivity contribution in [2.24, 2.45) is 0 Å². The van der Waals surface area contributed by atoms with Crippen molar-refractivity contribution in [3.63, 3.8) is 0 Å². The quantitative estimate of drug-likeness (QED) is 0.648. The highest BCUT2D eigenvalue weighted by atomic mass is 79.9. The topological polar surface area (TPSA) is 92.6 Å². The van der Waals surface area contributed by atoms with Gasteiger partial charge in [0.05, 0.1) is 10.5 Å². The Kier molecular flexibility index (Phi) is 4.03. The van der Waals surface area contributed by atoms with Gasteiger partial charge in [-0.3, -0.25) is 19.7 Å². The highest BCUT2D eigenvalue weighted by molar-refractivity contribution is 9.10. The molecule has 8 heteroatoms. The zero-order chi connectivity index (χ0) is 14.9. The predicted molar refractivity (Wildman–Crippen MR) is 74.3 cm³/mol. The summed E-state index contributed by atoms with van der Waals surface area (Å²) in [5.74, 6) is -0.630. The molecule has 1 heterocycles. The van der Waals surface area contributed by atoms with Crippen LogP contribution in [0, 0.1) is 10.1 Å². The third-order valence-electron chi connectivity index (χ3n) is 3.17. The fourth-order valence-corrected chi connectivity index (χ4v) is 2.62. The number of carbonyl (C=O) groups is 2. The van der Waals surface area contributed by atoms with Crippen molar-refractivity contribution < 1.29 is 14.5 Å². The first-order valence-corrected chi connectivity index (χ1v) is 6.74. The van der Waals surface area contributed by atoms with Crippen LogP contribution in [0.4, 0.5) is 5.69 Å². The minimum absolute atomic E-state index is 0.133. The highest BCUT2D eigenvalue weighted by Gasteiger charge is 2.32. The lowest BCUT2D eigenvalue weighted by molar-refractivity contribution is -0.385. The van der Waals surface area contributed by atoms with Crippen LogP contribution in [0.5, 0.6) is 0 Å². The standard InChI is InChI=1S/C12H12BrN3O4/c1-7-11(17)14-5-6-15(7)12(18)8-3-2-4-9(10(8)13)16(19)20/h2-4,7H,5-6H2,1H3,(H,14,17). The van der Waals surface area contributed by atoms with Crippen LogP contribution in [-0.2, 0) is 4.79 Å². The Bertz CT molecular complexity index is 590. The van der Waals surface area contributed by atoms with Crippen molar-refractivity contribution in [3.05, 3.63) is 38.3 Å². The molecule has 0 spiro atoms. The first-order valence-electron chi connectivity index (χ1n) is 5.95. The Morgan fingerprint density at radius 3 is 2.90 bits per heavy atom. The van der Waals surface area contributed by atoms with Crippen LogP contribution in [0.15, 0.2) is 22.7 Å². The molecule has 1 aromatic carbocycles. The van der Waals surface area contributed by atoms with E-state index in [1.807, 2.05) is 0 Å². The normalized spacial score (nSPS) is 18.6. The van der Waals surface area contributed by atoms with Gasteiger partial charge in [0.25, 0.3) is 11.6 Å². The van der Waals surface area contributed by atoms with Crippen LogP contribution in [-0.4, -0.2) is 40.8 Å². The molecule has 20 heavy (non-hydrogen) atoms. The third-order valence-corrected chi connectivity index (χ3v) is 4.00. The van der Waals surface area contributed by atoms with E-state index in [1.54, 1.807) is 6.92 Å². The summed E-state index contributed by atoms with van der Waals surface area (Å²) >= 11 is 3.09. The van der Waals surface area contributed by atoms with Gasteiger partial charge in [0.2, 0.25) is 5.91 Å². The van der Waals surface area contributed by atoms with Crippen LogP contribution in [0.1, 0.15) is 17.3 Å². The van der Waals surface area contributed by atoms with Gasteiger partial charge in [-0.15, -0.1) is 0 Å². The third kappa shape index (κ3) is 2.51. The second kappa shape index (κ2) is 5.58. The fourth-order valence-electron chi connectivity index (χ4n) is 2.04. The first-order chi connectivity index (χ1) is 9.43. The van der Waals surface area contributed by atoms with Gasteiger partial charge in [0.1, 0.15) is 10.5 Å². The van der Waals surface area contributed by atoms with Crippen LogP contribution in [0.25, 0.3) is 0 Å². The number of hydrogen-bond acceptors (Lipinski definition) is 4. The number of carbonyl (C=O) groups excluding carboxylic acids is 2. The van der Waals surface area contributed by atoms with E-state index in [0.29, 0.717) is 13.1 Å². The van der Waals surface area contributed by atoms with Gasteiger partial charge in [-0.05, 0) is 28.9 Å². The molecule has 0 radical (unpaired) electrons. The van der Waals surface area contributed by atoms with Crippen LogP contribution in [0.3, 0.4) is 0 Å². The van der Waals surface area contributed by atoms with E-state index in [0.717, 1.165) is 0 Å². The number of nitrogens with zero attached hydrogens (tertiary/aromatic N) is 2. The monoisotopic (exact) mass is 341 g/mol. The molecule has 7 nitrogen and oxygen atoms in total. The van der Waals surface area contributed by atoms with Crippen molar-refractivity contribution in [3.8, 4) is 0 Å². The van der Waals surface area contributed by atoms with Gasteiger partial charge in [0.15, 0.2) is 0 Å². The molecular weight excluding hydrogens is 330 g/mol. The molecule has 1 fully saturated rings. The number of hydrogen-bond donors (Lipinski definition) is 1. The van der Waals surface area contributed by atoms with E-state index in [2.05, 4.69) is 21.2 Å². The molecular formula is C12H12BrN3O4. The van der Waals surface area contributed by atoms with E-state index in [-0.39, 0.29) is 21.6 Å². The Balaban J connectivity index is 2.36. The highest BCUT2D eigenvalue weighted by Crippen LogP contribution is 2.29. The summed E-state index contributed by atoms with van der Waals surface area (Å²) in [5.41, 5.74) is 0.00529. The molecule has 2 amide bonds. The maximum absolute atomic E-state index is 12.4. The van der Waals surface area contributed by atoms with Crippen LogP contribution >= 0.6 is 15.9 Å². The summed E-state index contributed by atoms with van der Waals surface area (Å²) in [6.07, 6.45) is 0. The summed E-state index contributed by atoms with van der Waals surface area (Å²) in [6.45, 7) is 2.37. The Hall–Kier alpha value is -1.96. The van der Waals surface area contributed by atoms with E-state index in [4.69, 9.17) is 0 Å². The number of nitro benzene ring substituents is 1. The molecule has 0 aromatic heterocycles. The molecule has 2 rings (SSSR count). The average molecular weight is 342 g/mol. The van der Waals surface area contributed by atoms with Gasteiger partial charge < -0.3 is 10.2 Å². The van der Waals surface area contributed by atoms with Crippen molar-refractivity contribution in [2.45, 2.75) is 13.0 Å². The van der Waals surface area contributed by atoms with Crippen LogP contribution < -0.4 is 5.32 Å². The number of rotatable bonds is 2. The van der Waals surface area contributed by atoms with Crippen molar-refractivity contribution in [2.75, 3.05) is 13.1 Å². The smallest absolute Gasteiger partial charge is 0.284 e. The molecule has 1 aliphatic rings. The van der Waals surface area contributed by atoms with E-state index >= 15 is 0 Å². The largest absolute Gasteiger partial charge is 0.353 e. The summed E-state index contributed by atoms with van der Waals surface area (Å²) in [7, 11) is 0. The number of amides is 2. The van der Waals surface area contributed by atoms with Gasteiger partial charge in [-0.2, -0.15) is 0 Å². The molecule has 0 aliphatic carbocycles. The fraction of sp³-hybridized carbons (Fsp3) is 0.333. The van der Waals surface area contributed by atoms with Gasteiger partial charge in [0, 0.05) is 19.2 Å². The van der Waals surface area contributed by atoms with E-state index in [1.165, 1.54) is 23.1 Å². The maximum Gasteiger partial charge on any atom is 0.284 e. The predicted octanol–water partition coefficient (Wildman–Crippen LogP) is 1.32. The number of nitro groups is 1. The minimum atomic E-state index is -0.595. The molecule has 1 unspecified atom stereocenters. The lowest BCUT2D eigenvalue weighted by Crippen LogP contribution is -2.55. The van der Waals surface area contributed by atoms with Gasteiger partial charge in [-0.25, -0.2) is 0 Å². The SMILES string of the molecule is CC1C(=O)NCCN1C(=O)c1cccc([N+](=O)[O-])c1Br. The zero-order valence-corrected chi connectivity index (χ0v) is 12.2. The second-order valence-electron chi connectivity index (χ2n) is 4.36. The van der Waals surface area contributed by atoms with Crippen molar-refractivity contribution in [1.82, 2.24) is 10.2 Å². The molecule has 106 valence electrons. The van der Waals surface area contributed by atoms with E-state index < -0.39 is 16.9 Å². The first kappa shape index (κ1) is 14.4. The summed E-state index contributed by atoms with van der Waals surface area (Å²) in [6, 6.07) is 3.67. The lowest BCUT2D eigenvalue weighted by atomic mass is 10.1. The Labute approximate surface area is 123 Å². The number of nitrogens with one attached hydrogen (secondary N) is 1. The Morgan fingerprint density at radius 1 is 1.55 bits per heavy atom. The number of halogens is 1. The second-order valence-corrected chi connectivity index (χ2v) is 5.15. The summed E-state index contributed by atoms with van der Waals surface area (Å²) in [4.78, 5) is 35.7. The molecule has 0 saturated carbocycles. The van der Waals surface area contributed by atoms with Crippen LogP contribution in [0.2, 0.25) is 0 Å². The molecule has 1 aromatic rings. The number of benzene rings is 1. The van der Waals surface area contributed by atoms with E-state index in [9.17, 15) is 19.7 Å². The molecule has 1 atom stereocenters. The number of piperazine rings is 1. The molecule has 0 bridgehead atoms. The van der Waals surface area contributed by atoms with Crippen molar-refractivity contribution >= 4 is 33.4 Å². The molecule has 1 saturated heterocycles. The zero-order valence-electron chi connectivity index (χ0n) is 10.6. The molecule has 1 N–H and O–H groups in total. The summed E-state index contributed by atoms with van der Waals surface area (Å²) < 4.78 is 0.133. The summed E-state index contributed by atoms with van der Waals surface area (Å²) in [5, 5.41) is 13.5.